The van der Waals surface area contributed by atoms with Crippen LogP contribution in [0.5, 0.6) is 11.5 Å². The van der Waals surface area contributed by atoms with Gasteiger partial charge in [0, 0.05) is 11.5 Å². The zero-order chi connectivity index (χ0) is 13.4. The first kappa shape index (κ1) is 17.7. The Morgan fingerprint density at radius 2 is 1.16 bits per heavy atom. The zero-order valence-electron chi connectivity index (χ0n) is 12.0. The Kier molecular flexibility index (Phi) is 8.90. The van der Waals surface area contributed by atoms with Crippen molar-refractivity contribution in [3.8, 4) is 11.5 Å². The molecule has 19 heavy (non-hydrogen) atoms. The molecule has 0 unspecified atom stereocenters. The van der Waals surface area contributed by atoms with Gasteiger partial charge in [-0.25, -0.2) is 0 Å². The van der Waals surface area contributed by atoms with E-state index in [-0.39, 0.29) is 19.5 Å². The van der Waals surface area contributed by atoms with Crippen molar-refractivity contribution in [3.05, 3.63) is 59.7 Å². The summed E-state index contributed by atoms with van der Waals surface area (Å²) in [6, 6.07) is 17.2. The minimum Gasteiger partial charge on any atom is -0.522 e. The summed E-state index contributed by atoms with van der Waals surface area (Å²) in [5.41, 5.74) is 2.25. The summed E-state index contributed by atoms with van der Waals surface area (Å²) in [5, 5.41) is 0. The molecule has 0 atom stereocenters. The van der Waals surface area contributed by atoms with Crippen LogP contribution in [0.4, 0.5) is 0 Å². The fraction of sp³-hybridized carbons (Fsp3) is 0.250. The predicted molar refractivity (Wildman–Crippen MR) is 73.1 cm³/mol. The average Bonchev–Trinajstić information content (AvgIpc) is 2.41. The van der Waals surface area contributed by atoms with Crippen molar-refractivity contribution in [2.24, 2.45) is 0 Å². The van der Waals surface area contributed by atoms with Crippen molar-refractivity contribution in [2.45, 2.75) is 13.8 Å². The van der Waals surface area contributed by atoms with Crippen molar-refractivity contribution < 1.29 is 29.0 Å². The molecule has 96 valence electrons. The summed E-state index contributed by atoms with van der Waals surface area (Å²) in [4.78, 5) is 0. The van der Waals surface area contributed by atoms with Gasteiger partial charge in [-0.1, -0.05) is 13.8 Å². The Bertz CT molecular complexity index is 438. The molecule has 0 amide bonds. The zero-order valence-corrected chi connectivity index (χ0v) is 15.0. The third-order valence-electron chi connectivity index (χ3n) is 2.48. The third kappa shape index (κ3) is 5.89. The molecule has 2 rings (SSSR count). The van der Waals surface area contributed by atoms with Crippen molar-refractivity contribution in [2.75, 3.05) is 14.2 Å². The molecule has 0 aliphatic rings. The molecule has 0 bridgehead atoms. The molecule has 2 nitrogen and oxygen atoms in total. The van der Waals surface area contributed by atoms with Gasteiger partial charge >= 0.3 is 19.5 Å². The number of methoxy groups -OCH3 is 2. The van der Waals surface area contributed by atoms with E-state index < -0.39 is 0 Å². The van der Waals surface area contributed by atoms with Crippen molar-refractivity contribution in [3.63, 3.8) is 0 Å². The Balaban J connectivity index is 0.000000324. The monoisotopic (exact) mass is 306 g/mol. The van der Waals surface area contributed by atoms with Gasteiger partial charge in [-0.15, -0.1) is 23.3 Å². The number of aryl methyl sites for hydroxylation is 2. The number of ether oxygens (including phenoxy) is 2. The van der Waals surface area contributed by atoms with Gasteiger partial charge in [-0.2, -0.15) is 36.4 Å². The molecule has 0 saturated heterocycles. The van der Waals surface area contributed by atoms with Gasteiger partial charge in [-0.3, -0.25) is 0 Å². The topological polar surface area (TPSA) is 18.5 Å². The fourth-order valence-electron chi connectivity index (χ4n) is 1.46. The molecule has 0 radical (unpaired) electrons. The van der Waals surface area contributed by atoms with Crippen LogP contribution < -0.4 is 9.47 Å². The molecular weight excluding hydrogens is 290 g/mol. The van der Waals surface area contributed by atoms with Crippen LogP contribution in [0.15, 0.2) is 36.4 Å². The first-order valence-corrected chi connectivity index (χ1v) is 5.70. The van der Waals surface area contributed by atoms with Crippen LogP contribution in [0.25, 0.3) is 0 Å². The molecule has 0 aromatic heterocycles. The maximum absolute atomic E-state index is 5.02. The van der Waals surface area contributed by atoms with Crippen LogP contribution >= 0.6 is 0 Å². The van der Waals surface area contributed by atoms with Crippen LogP contribution in [-0.2, 0) is 19.5 Å². The second-order valence-electron chi connectivity index (χ2n) is 3.79. The van der Waals surface area contributed by atoms with Crippen LogP contribution in [0.1, 0.15) is 11.1 Å². The second-order valence-corrected chi connectivity index (χ2v) is 3.79. The fourth-order valence-corrected chi connectivity index (χ4v) is 1.46. The van der Waals surface area contributed by atoms with Crippen molar-refractivity contribution in [1.29, 1.82) is 0 Å². The summed E-state index contributed by atoms with van der Waals surface area (Å²) in [7, 11) is 3.34. The van der Waals surface area contributed by atoms with Gasteiger partial charge in [0.25, 0.3) is 0 Å². The van der Waals surface area contributed by atoms with Gasteiger partial charge in [0.15, 0.2) is 0 Å². The Labute approximate surface area is 128 Å². The number of rotatable bonds is 2. The minimum absolute atomic E-state index is 0. The van der Waals surface area contributed by atoms with E-state index in [0.717, 1.165) is 22.6 Å². The SMILES string of the molecule is COc1cc[c-]cc1C.COc1cc[c-]cc1C.[Zn+2]. The van der Waals surface area contributed by atoms with Crippen LogP contribution in [0.3, 0.4) is 0 Å². The predicted octanol–water partition coefficient (Wildman–Crippen LogP) is 3.61. The first-order chi connectivity index (χ1) is 8.69. The van der Waals surface area contributed by atoms with Gasteiger partial charge < -0.3 is 9.47 Å². The summed E-state index contributed by atoms with van der Waals surface area (Å²) >= 11 is 0. The van der Waals surface area contributed by atoms with E-state index in [1.807, 2.05) is 50.2 Å². The minimum atomic E-state index is 0. The number of hydrogen-bond acceptors (Lipinski definition) is 2. The summed E-state index contributed by atoms with van der Waals surface area (Å²) in [5.74, 6) is 1.85. The maximum Gasteiger partial charge on any atom is 2.00 e. The first-order valence-electron chi connectivity index (χ1n) is 5.70. The maximum atomic E-state index is 5.02. The van der Waals surface area contributed by atoms with Gasteiger partial charge in [0.1, 0.15) is 0 Å². The Morgan fingerprint density at radius 1 is 0.789 bits per heavy atom. The van der Waals surface area contributed by atoms with Crippen molar-refractivity contribution >= 4 is 0 Å². The van der Waals surface area contributed by atoms with Crippen molar-refractivity contribution in [1.82, 2.24) is 0 Å². The van der Waals surface area contributed by atoms with Crippen LogP contribution in [-0.4, -0.2) is 14.2 Å². The average molecular weight is 308 g/mol. The van der Waals surface area contributed by atoms with Gasteiger partial charge in [-0.05, 0) is 0 Å². The smallest absolute Gasteiger partial charge is 0.522 e. The van der Waals surface area contributed by atoms with E-state index in [1.165, 1.54) is 0 Å². The third-order valence-corrected chi connectivity index (χ3v) is 2.48. The molecule has 2 aromatic carbocycles. The van der Waals surface area contributed by atoms with E-state index in [4.69, 9.17) is 9.47 Å². The molecule has 3 heteroatoms. The van der Waals surface area contributed by atoms with Gasteiger partial charge in [0.05, 0.1) is 14.2 Å². The number of hydrogen-bond donors (Lipinski definition) is 0. The van der Waals surface area contributed by atoms with Crippen LogP contribution in [0, 0.1) is 26.0 Å². The Morgan fingerprint density at radius 3 is 1.37 bits per heavy atom. The molecular formula is C16H18O2Zn. The molecule has 0 heterocycles. The summed E-state index contributed by atoms with van der Waals surface area (Å²) < 4.78 is 10.0. The molecule has 0 N–H and O–H groups in total. The van der Waals surface area contributed by atoms with E-state index in [1.54, 1.807) is 14.2 Å². The molecule has 0 fully saturated rings. The van der Waals surface area contributed by atoms with E-state index >= 15 is 0 Å². The quantitative estimate of drug-likeness (QED) is 0.623. The van der Waals surface area contributed by atoms with Crippen LogP contribution in [0.2, 0.25) is 0 Å². The Hall–Kier alpha value is -1.34. The van der Waals surface area contributed by atoms with E-state index in [0.29, 0.717) is 0 Å². The largest absolute Gasteiger partial charge is 2.00 e. The summed E-state index contributed by atoms with van der Waals surface area (Å²) in [6.45, 7) is 3.99. The molecule has 2 aromatic rings. The van der Waals surface area contributed by atoms with Gasteiger partial charge in [0.2, 0.25) is 0 Å². The van der Waals surface area contributed by atoms with E-state index in [2.05, 4.69) is 12.1 Å². The molecule has 0 aliphatic carbocycles. The summed E-state index contributed by atoms with van der Waals surface area (Å²) in [6.07, 6.45) is 0. The molecule has 0 aliphatic heterocycles. The normalized spacial score (nSPS) is 8.63. The number of benzene rings is 2. The molecule has 0 saturated carbocycles. The standard InChI is InChI=1S/2C8H9O.Zn/c2*1-7-5-3-4-6-8(7)9-2;/h2*4-6H,1-2H3;/q2*-1;+2. The molecule has 0 spiro atoms. The van der Waals surface area contributed by atoms with E-state index in [9.17, 15) is 0 Å². The second kappa shape index (κ2) is 9.57.